The van der Waals surface area contributed by atoms with Crippen molar-refractivity contribution in [3.05, 3.63) is 76.9 Å². The van der Waals surface area contributed by atoms with Gasteiger partial charge in [-0.3, -0.25) is 9.79 Å². The van der Waals surface area contributed by atoms with Gasteiger partial charge in [0.2, 0.25) is 0 Å². The zero-order valence-electron chi connectivity index (χ0n) is 16.3. The average molecular weight is 433 g/mol. The third-order valence-corrected chi connectivity index (χ3v) is 5.07. The summed E-state index contributed by atoms with van der Waals surface area (Å²) in [6, 6.07) is 7.57. The predicted molar refractivity (Wildman–Crippen MR) is 105 cm³/mol. The molecule has 9 heteroatoms. The minimum absolute atomic E-state index is 0.129. The molecular weight excluding hydrogens is 417 g/mol. The van der Waals surface area contributed by atoms with Crippen molar-refractivity contribution in [2.24, 2.45) is 10.1 Å². The summed E-state index contributed by atoms with van der Waals surface area (Å²) in [6.07, 6.45) is -3.52. The molecule has 0 spiro atoms. The quantitative estimate of drug-likeness (QED) is 0.614. The Morgan fingerprint density at radius 3 is 2.42 bits per heavy atom. The molecule has 4 nitrogen and oxygen atoms in total. The highest BCUT2D eigenvalue weighted by Gasteiger charge is 2.34. The van der Waals surface area contributed by atoms with Crippen molar-refractivity contribution in [3.8, 4) is 0 Å². The smallest absolute Gasteiger partial charge is 0.272 e. The van der Waals surface area contributed by atoms with Crippen LogP contribution in [0.1, 0.15) is 36.5 Å². The maximum atomic E-state index is 14.4. The Morgan fingerprint density at radius 1 is 1.10 bits per heavy atom. The van der Waals surface area contributed by atoms with Crippen LogP contribution in [0.3, 0.4) is 0 Å². The van der Waals surface area contributed by atoms with E-state index < -0.39 is 29.5 Å². The molecule has 0 bridgehead atoms. The molecule has 2 aliphatic rings. The fraction of sp³-hybridized carbons (Fsp3) is 0.227. The van der Waals surface area contributed by atoms with Crippen molar-refractivity contribution in [2.75, 3.05) is 0 Å². The summed E-state index contributed by atoms with van der Waals surface area (Å²) in [7, 11) is 0. The van der Waals surface area contributed by atoms with Crippen molar-refractivity contribution in [2.45, 2.75) is 32.1 Å². The SMILES string of the molecule is CCC1=NN2C(=O)CC(c3ccc(C(F)(F)F)cc3)=NC2C=C1c1ccc(F)cc1F. The molecule has 31 heavy (non-hydrogen) atoms. The number of hydrogen-bond acceptors (Lipinski definition) is 3. The van der Waals surface area contributed by atoms with Crippen molar-refractivity contribution in [1.29, 1.82) is 0 Å². The topological polar surface area (TPSA) is 45.0 Å². The fourth-order valence-corrected chi connectivity index (χ4v) is 3.53. The molecule has 1 unspecified atom stereocenters. The van der Waals surface area contributed by atoms with Crippen LogP contribution in [0.15, 0.2) is 58.6 Å². The summed E-state index contributed by atoms with van der Waals surface area (Å²) in [6.45, 7) is 1.79. The van der Waals surface area contributed by atoms with E-state index in [-0.39, 0.29) is 17.9 Å². The molecule has 0 fully saturated rings. The number of nitrogens with zero attached hydrogens (tertiary/aromatic N) is 3. The number of allylic oxidation sites excluding steroid dienone is 1. The zero-order chi connectivity index (χ0) is 22.3. The summed E-state index contributed by atoms with van der Waals surface area (Å²) in [5, 5.41) is 5.49. The van der Waals surface area contributed by atoms with E-state index in [1.807, 2.05) is 0 Å². The lowest BCUT2D eigenvalue weighted by Crippen LogP contribution is -2.43. The van der Waals surface area contributed by atoms with Gasteiger partial charge in [0.15, 0.2) is 6.17 Å². The molecule has 0 saturated carbocycles. The summed E-state index contributed by atoms with van der Waals surface area (Å²) in [5.74, 6) is -1.87. The maximum absolute atomic E-state index is 14.4. The van der Waals surface area contributed by atoms with Gasteiger partial charge in [0, 0.05) is 17.2 Å². The molecule has 2 aromatic rings. The third kappa shape index (κ3) is 3.99. The zero-order valence-corrected chi connectivity index (χ0v) is 16.3. The van der Waals surface area contributed by atoms with E-state index in [4.69, 9.17) is 0 Å². The first-order valence-corrected chi connectivity index (χ1v) is 9.49. The molecule has 1 atom stereocenters. The number of carbonyl (C=O) groups excluding carboxylic acids is 1. The van der Waals surface area contributed by atoms with Crippen LogP contribution in [0.25, 0.3) is 5.57 Å². The van der Waals surface area contributed by atoms with Crippen LogP contribution in [0, 0.1) is 11.6 Å². The molecule has 0 aromatic heterocycles. The Balaban J connectivity index is 1.74. The largest absolute Gasteiger partial charge is 0.416 e. The van der Waals surface area contributed by atoms with Crippen LogP contribution >= 0.6 is 0 Å². The molecule has 0 radical (unpaired) electrons. The molecule has 0 N–H and O–H groups in total. The lowest BCUT2D eigenvalue weighted by atomic mass is 9.95. The second-order valence-corrected chi connectivity index (χ2v) is 7.08. The highest BCUT2D eigenvalue weighted by molar-refractivity contribution is 6.25. The first-order chi connectivity index (χ1) is 14.7. The third-order valence-electron chi connectivity index (χ3n) is 5.07. The Bertz CT molecular complexity index is 1130. The monoisotopic (exact) mass is 433 g/mol. The fourth-order valence-electron chi connectivity index (χ4n) is 3.53. The Morgan fingerprint density at radius 2 is 1.81 bits per heavy atom. The van der Waals surface area contributed by atoms with E-state index in [1.165, 1.54) is 23.2 Å². The van der Waals surface area contributed by atoms with Gasteiger partial charge in [0.1, 0.15) is 11.6 Å². The van der Waals surface area contributed by atoms with Crippen LogP contribution in [-0.2, 0) is 11.0 Å². The summed E-state index contributed by atoms with van der Waals surface area (Å²) >= 11 is 0. The van der Waals surface area contributed by atoms with Crippen molar-refractivity contribution in [1.82, 2.24) is 5.01 Å². The van der Waals surface area contributed by atoms with E-state index in [0.717, 1.165) is 24.3 Å². The Labute approximate surface area is 174 Å². The van der Waals surface area contributed by atoms with Gasteiger partial charge in [-0.05, 0) is 42.3 Å². The molecule has 160 valence electrons. The first-order valence-electron chi connectivity index (χ1n) is 9.49. The number of rotatable bonds is 3. The van der Waals surface area contributed by atoms with E-state index in [9.17, 15) is 26.7 Å². The minimum atomic E-state index is -4.47. The standard InChI is InChI=1S/C22H16F5N3O/c1-2-18-16(15-8-7-14(23)9-17(15)24)10-20-28-19(11-21(31)30(20)29-18)12-3-5-13(6-4-12)22(25,26)27/h3-10,20H,2,11H2,1H3. The normalized spacial score (nSPS) is 18.9. The molecule has 1 amide bonds. The second-order valence-electron chi connectivity index (χ2n) is 7.08. The number of carbonyl (C=O) groups is 1. The Kier molecular flexibility index (Phi) is 5.20. The van der Waals surface area contributed by atoms with Crippen molar-refractivity contribution < 1.29 is 26.7 Å². The van der Waals surface area contributed by atoms with Gasteiger partial charge in [0.25, 0.3) is 5.91 Å². The van der Waals surface area contributed by atoms with Gasteiger partial charge in [-0.1, -0.05) is 19.1 Å². The van der Waals surface area contributed by atoms with Crippen molar-refractivity contribution in [3.63, 3.8) is 0 Å². The summed E-state index contributed by atoms with van der Waals surface area (Å²) in [4.78, 5) is 17.1. The van der Waals surface area contributed by atoms with Gasteiger partial charge in [-0.25, -0.2) is 13.8 Å². The van der Waals surface area contributed by atoms with Gasteiger partial charge >= 0.3 is 6.18 Å². The van der Waals surface area contributed by atoms with Crippen LogP contribution in [0.4, 0.5) is 22.0 Å². The van der Waals surface area contributed by atoms with E-state index in [0.29, 0.717) is 29.0 Å². The van der Waals surface area contributed by atoms with E-state index in [2.05, 4.69) is 10.1 Å². The number of aliphatic imine (C=N–C) groups is 1. The average Bonchev–Trinajstić information content (AvgIpc) is 2.72. The van der Waals surface area contributed by atoms with Gasteiger partial charge in [0.05, 0.1) is 23.4 Å². The number of alkyl halides is 3. The predicted octanol–water partition coefficient (Wildman–Crippen LogP) is 5.19. The highest BCUT2D eigenvalue weighted by Crippen LogP contribution is 2.32. The molecule has 0 saturated heterocycles. The molecule has 2 heterocycles. The molecule has 2 aromatic carbocycles. The van der Waals surface area contributed by atoms with Crippen LogP contribution in [0.2, 0.25) is 0 Å². The van der Waals surface area contributed by atoms with Crippen LogP contribution in [0.5, 0.6) is 0 Å². The van der Waals surface area contributed by atoms with Gasteiger partial charge in [-0.15, -0.1) is 0 Å². The van der Waals surface area contributed by atoms with Gasteiger partial charge in [-0.2, -0.15) is 18.3 Å². The van der Waals surface area contributed by atoms with Crippen molar-refractivity contribution >= 4 is 22.9 Å². The lowest BCUT2D eigenvalue weighted by Gasteiger charge is -2.32. The van der Waals surface area contributed by atoms with Crippen LogP contribution < -0.4 is 0 Å². The van der Waals surface area contributed by atoms with E-state index in [1.54, 1.807) is 13.0 Å². The van der Waals surface area contributed by atoms with Gasteiger partial charge < -0.3 is 0 Å². The second kappa shape index (κ2) is 7.72. The number of hydrogen-bond donors (Lipinski definition) is 0. The number of benzene rings is 2. The summed E-state index contributed by atoms with van der Waals surface area (Å²) in [5.41, 5.74) is 0.865. The summed E-state index contributed by atoms with van der Waals surface area (Å²) < 4.78 is 66.1. The number of amides is 1. The number of fused-ring (bicyclic) bond motifs is 1. The first kappa shape index (κ1) is 20.9. The molecule has 4 rings (SSSR count). The van der Waals surface area contributed by atoms with E-state index >= 15 is 0 Å². The molecule has 0 aliphatic carbocycles. The highest BCUT2D eigenvalue weighted by atomic mass is 19.4. The number of halogens is 5. The number of hydrazone groups is 1. The maximum Gasteiger partial charge on any atom is 0.416 e. The molecule has 2 aliphatic heterocycles. The lowest BCUT2D eigenvalue weighted by molar-refractivity contribution is -0.137. The Hall–Kier alpha value is -3.36. The minimum Gasteiger partial charge on any atom is -0.272 e. The van der Waals surface area contributed by atoms with Crippen LogP contribution in [-0.4, -0.2) is 28.5 Å². The molecular formula is C22H16F5N3O.